The normalized spacial score (nSPS) is 16.8. The number of thioether (sulfide) groups is 1. The predicted molar refractivity (Wildman–Crippen MR) is 79.4 cm³/mol. The van der Waals surface area contributed by atoms with Gasteiger partial charge in [0.05, 0.1) is 5.69 Å². The summed E-state index contributed by atoms with van der Waals surface area (Å²) >= 11 is 1.70. The highest BCUT2D eigenvalue weighted by molar-refractivity contribution is 7.98. The van der Waals surface area contributed by atoms with E-state index in [9.17, 15) is 0 Å². The Kier molecular flexibility index (Phi) is 2.95. The maximum absolute atomic E-state index is 4.35. The van der Waals surface area contributed by atoms with Crippen LogP contribution in [0.3, 0.4) is 0 Å². The molecule has 0 bridgehead atoms. The van der Waals surface area contributed by atoms with Gasteiger partial charge in [0, 0.05) is 24.2 Å². The van der Waals surface area contributed by atoms with Crippen molar-refractivity contribution in [3.63, 3.8) is 0 Å². The first kappa shape index (κ1) is 12.0. The number of hydrogen-bond acceptors (Lipinski definition) is 5. The van der Waals surface area contributed by atoms with Crippen LogP contribution in [0.2, 0.25) is 0 Å². The lowest BCUT2D eigenvalue weighted by molar-refractivity contribution is 0.852. The van der Waals surface area contributed by atoms with Gasteiger partial charge in [0.1, 0.15) is 0 Å². The minimum absolute atomic E-state index is 0.821. The average Bonchev–Trinajstić information content (AvgIpc) is 3.12. The quantitative estimate of drug-likeness (QED) is 0.879. The van der Waals surface area contributed by atoms with E-state index in [0.717, 1.165) is 35.5 Å². The molecule has 4 rings (SSSR count). The highest BCUT2D eigenvalue weighted by Gasteiger charge is 2.26. The molecule has 0 unspecified atom stereocenters. The Hall–Kier alpha value is -1.82. The van der Waals surface area contributed by atoms with E-state index in [1.54, 1.807) is 11.8 Å². The zero-order valence-electron chi connectivity index (χ0n) is 11.0. The predicted octanol–water partition coefficient (Wildman–Crippen LogP) is 2.79. The first-order chi connectivity index (χ1) is 9.92. The molecule has 20 heavy (non-hydrogen) atoms. The number of hydrogen-bond donors (Lipinski definition) is 1. The molecule has 0 amide bonds. The van der Waals surface area contributed by atoms with Gasteiger partial charge in [0.15, 0.2) is 5.16 Å². The number of anilines is 1. The Balaban J connectivity index is 1.60. The molecule has 1 aliphatic heterocycles. The molecule has 0 atom stereocenters. The van der Waals surface area contributed by atoms with Crippen LogP contribution >= 0.6 is 11.8 Å². The molecule has 0 aromatic carbocycles. The van der Waals surface area contributed by atoms with Crippen molar-refractivity contribution in [3.8, 4) is 0 Å². The molecule has 0 spiro atoms. The van der Waals surface area contributed by atoms with Crippen LogP contribution < -0.4 is 5.32 Å². The minimum Gasteiger partial charge on any atom is -0.350 e. The molecular formula is C14H15N5S. The van der Waals surface area contributed by atoms with Crippen LogP contribution in [-0.4, -0.2) is 26.3 Å². The van der Waals surface area contributed by atoms with Gasteiger partial charge in [-0.2, -0.15) is 0 Å². The van der Waals surface area contributed by atoms with E-state index < -0.39 is 0 Å². The third-order valence-electron chi connectivity index (χ3n) is 3.74. The summed E-state index contributed by atoms with van der Waals surface area (Å²) in [5, 5.41) is 12.9. The fourth-order valence-corrected chi connectivity index (χ4v) is 3.65. The van der Waals surface area contributed by atoms with E-state index in [1.165, 1.54) is 24.1 Å². The Labute approximate surface area is 121 Å². The molecule has 0 saturated heterocycles. The van der Waals surface area contributed by atoms with Gasteiger partial charge in [-0.3, -0.25) is 9.55 Å². The molecule has 102 valence electrons. The fourth-order valence-electron chi connectivity index (χ4n) is 2.78. The molecule has 1 N–H and O–H groups in total. The lowest BCUT2D eigenvalue weighted by Crippen LogP contribution is -2.16. The van der Waals surface area contributed by atoms with Gasteiger partial charge in [-0.1, -0.05) is 17.8 Å². The van der Waals surface area contributed by atoms with Gasteiger partial charge in [-0.25, -0.2) is 0 Å². The molecule has 2 aromatic rings. The van der Waals surface area contributed by atoms with Crippen molar-refractivity contribution >= 4 is 23.4 Å². The summed E-state index contributed by atoms with van der Waals surface area (Å²) in [5.74, 6) is 1.70. The second kappa shape index (κ2) is 4.94. The average molecular weight is 285 g/mol. The highest BCUT2D eigenvalue weighted by Crippen LogP contribution is 2.38. The van der Waals surface area contributed by atoms with Crippen molar-refractivity contribution in [2.75, 3.05) is 11.9 Å². The van der Waals surface area contributed by atoms with Crippen molar-refractivity contribution in [1.82, 2.24) is 19.7 Å². The lowest BCUT2D eigenvalue weighted by atomic mass is 10.2. The largest absolute Gasteiger partial charge is 0.350 e. The van der Waals surface area contributed by atoms with Crippen molar-refractivity contribution in [2.45, 2.75) is 30.2 Å². The maximum atomic E-state index is 4.35. The third kappa shape index (κ3) is 2.00. The van der Waals surface area contributed by atoms with E-state index >= 15 is 0 Å². The Morgan fingerprint density at radius 3 is 3.15 bits per heavy atom. The summed E-state index contributed by atoms with van der Waals surface area (Å²) in [5.41, 5.74) is 3.99. The summed E-state index contributed by atoms with van der Waals surface area (Å²) in [7, 11) is 0. The van der Waals surface area contributed by atoms with Gasteiger partial charge < -0.3 is 5.32 Å². The first-order valence-electron chi connectivity index (χ1n) is 6.85. The third-order valence-corrected chi connectivity index (χ3v) is 4.70. The van der Waals surface area contributed by atoms with Crippen molar-refractivity contribution in [1.29, 1.82) is 0 Å². The summed E-state index contributed by atoms with van der Waals surface area (Å²) in [6.07, 6.45) is 5.41. The van der Waals surface area contributed by atoms with Crippen LogP contribution in [0.5, 0.6) is 0 Å². The summed E-state index contributed by atoms with van der Waals surface area (Å²) < 4.78 is 2.19. The molecule has 0 saturated carbocycles. The van der Waals surface area contributed by atoms with E-state index in [-0.39, 0.29) is 0 Å². The summed E-state index contributed by atoms with van der Waals surface area (Å²) in [4.78, 5) is 4.35. The number of pyridine rings is 1. The zero-order valence-corrected chi connectivity index (χ0v) is 11.9. The van der Waals surface area contributed by atoms with E-state index in [4.69, 9.17) is 0 Å². The Bertz CT molecular complexity index is 661. The molecular weight excluding hydrogens is 270 g/mol. The smallest absolute Gasteiger partial charge is 0.229 e. The number of aromatic nitrogens is 4. The molecule has 1 aliphatic carbocycles. The van der Waals surface area contributed by atoms with Crippen LogP contribution in [0.1, 0.15) is 25.0 Å². The highest BCUT2D eigenvalue weighted by atomic mass is 32.2. The van der Waals surface area contributed by atoms with Crippen LogP contribution in [0.4, 0.5) is 5.95 Å². The van der Waals surface area contributed by atoms with Crippen molar-refractivity contribution < 1.29 is 0 Å². The first-order valence-corrected chi connectivity index (χ1v) is 7.83. The van der Waals surface area contributed by atoms with Gasteiger partial charge in [-0.05, 0) is 37.0 Å². The molecule has 5 nitrogen and oxygen atoms in total. The van der Waals surface area contributed by atoms with Gasteiger partial charge in [0.2, 0.25) is 5.95 Å². The number of nitrogens with one attached hydrogen (secondary N) is 1. The zero-order chi connectivity index (χ0) is 13.4. The molecule has 2 aromatic heterocycles. The SMILES string of the molecule is c1ccc(CSc2nnc3n2C2=C(CCC2)CN3)nc1. The Morgan fingerprint density at radius 2 is 2.25 bits per heavy atom. The van der Waals surface area contributed by atoms with Gasteiger partial charge >= 0.3 is 0 Å². The van der Waals surface area contributed by atoms with E-state index in [0.29, 0.717) is 0 Å². The second-order valence-electron chi connectivity index (χ2n) is 5.01. The second-order valence-corrected chi connectivity index (χ2v) is 5.95. The number of nitrogens with zero attached hydrogens (tertiary/aromatic N) is 4. The van der Waals surface area contributed by atoms with Crippen LogP contribution in [0.25, 0.3) is 5.70 Å². The van der Waals surface area contributed by atoms with Crippen LogP contribution in [0, 0.1) is 0 Å². The van der Waals surface area contributed by atoms with Gasteiger partial charge in [-0.15, -0.1) is 10.2 Å². The van der Waals surface area contributed by atoms with Gasteiger partial charge in [0.25, 0.3) is 0 Å². The fraction of sp³-hybridized carbons (Fsp3) is 0.357. The molecule has 3 heterocycles. The summed E-state index contributed by atoms with van der Waals surface area (Å²) in [6, 6.07) is 5.99. The molecule has 0 fully saturated rings. The number of rotatable bonds is 3. The van der Waals surface area contributed by atoms with Crippen LogP contribution in [0.15, 0.2) is 35.1 Å². The van der Waals surface area contributed by atoms with E-state index in [1.807, 2.05) is 24.4 Å². The summed E-state index contributed by atoms with van der Waals surface area (Å²) in [6.45, 7) is 0.929. The standard InChI is InChI=1S/C14H15N5S/c1-2-7-15-11(5-1)9-20-14-18-17-13-16-8-10-4-3-6-12(10)19(13)14/h1-2,5,7H,3-4,6,8-9H2,(H,16,17). The van der Waals surface area contributed by atoms with Crippen LogP contribution in [-0.2, 0) is 5.75 Å². The molecule has 6 heteroatoms. The topological polar surface area (TPSA) is 55.6 Å². The number of fused-ring (bicyclic) bond motifs is 2. The van der Waals surface area contributed by atoms with Crippen molar-refractivity contribution in [3.05, 3.63) is 35.7 Å². The maximum Gasteiger partial charge on any atom is 0.229 e. The van der Waals surface area contributed by atoms with E-state index in [2.05, 4.69) is 25.1 Å². The monoisotopic (exact) mass is 285 g/mol. The molecule has 0 radical (unpaired) electrons. The number of allylic oxidation sites excluding steroid dienone is 1. The minimum atomic E-state index is 0.821. The lowest BCUT2D eigenvalue weighted by Gasteiger charge is -2.19. The molecule has 2 aliphatic rings. The van der Waals surface area contributed by atoms with Crippen molar-refractivity contribution in [2.24, 2.45) is 0 Å². The Morgan fingerprint density at radius 1 is 1.25 bits per heavy atom.